The van der Waals surface area contributed by atoms with Gasteiger partial charge in [0.05, 0.1) is 25.8 Å². The summed E-state index contributed by atoms with van der Waals surface area (Å²) < 4.78 is 12.6. The highest BCUT2D eigenvalue weighted by atomic mass is 16.5. The molecule has 2 aromatic heterocycles. The van der Waals surface area contributed by atoms with Crippen LogP contribution in [-0.4, -0.2) is 76.1 Å². The molecule has 0 saturated carbocycles. The van der Waals surface area contributed by atoms with E-state index >= 15 is 0 Å². The lowest BCUT2D eigenvalue weighted by Gasteiger charge is -2.27. The first kappa shape index (κ1) is 28.6. The highest BCUT2D eigenvalue weighted by molar-refractivity contribution is 5.91. The molecule has 6 rings (SSSR count). The topological polar surface area (TPSA) is 124 Å². The van der Waals surface area contributed by atoms with E-state index in [1.807, 2.05) is 61.8 Å². The van der Waals surface area contributed by atoms with Crippen LogP contribution in [0.5, 0.6) is 11.5 Å². The van der Waals surface area contributed by atoms with Gasteiger partial charge in [-0.05, 0) is 66.6 Å². The van der Waals surface area contributed by atoms with E-state index in [2.05, 4.69) is 25.9 Å². The third-order valence-electron chi connectivity index (χ3n) is 8.70. The fraction of sp³-hybridized carbons (Fsp3) is 0.406. The number of hydrogen-bond donors (Lipinski definition) is 2. The Morgan fingerprint density at radius 1 is 1.05 bits per heavy atom. The van der Waals surface area contributed by atoms with Crippen LogP contribution in [0.2, 0.25) is 0 Å². The average molecular weight is 584 g/mol. The second kappa shape index (κ2) is 12.4. The number of aromatic nitrogens is 4. The SMILES string of the molecule is COc1ccc(C[C@@H]2C[C@@H](C(=O)NCc3ccc4c(c3)nnn4C)N(C(=O)[C@H]3CC(c4cnccc4OC)CN3)C2)cc1. The number of amides is 2. The van der Waals surface area contributed by atoms with Crippen LogP contribution in [0.4, 0.5) is 0 Å². The zero-order valence-corrected chi connectivity index (χ0v) is 24.7. The number of ether oxygens (including phenoxy) is 2. The fourth-order valence-corrected chi connectivity index (χ4v) is 6.41. The lowest BCUT2D eigenvalue weighted by atomic mass is 9.96. The molecule has 2 aromatic carbocycles. The first-order valence-electron chi connectivity index (χ1n) is 14.6. The Bertz CT molecular complexity index is 1610. The predicted molar refractivity (Wildman–Crippen MR) is 161 cm³/mol. The zero-order valence-electron chi connectivity index (χ0n) is 24.7. The summed E-state index contributed by atoms with van der Waals surface area (Å²) in [6.07, 6.45) is 5.50. The molecule has 2 fully saturated rings. The molecule has 0 spiro atoms. The maximum absolute atomic E-state index is 14.0. The molecule has 4 atom stereocenters. The highest BCUT2D eigenvalue weighted by Gasteiger charge is 2.43. The molecular formula is C32H37N7O4. The van der Waals surface area contributed by atoms with Gasteiger partial charge in [-0.2, -0.15) is 0 Å². The van der Waals surface area contributed by atoms with Gasteiger partial charge >= 0.3 is 0 Å². The Kier molecular flexibility index (Phi) is 8.24. The number of carbonyl (C=O) groups is 2. The van der Waals surface area contributed by atoms with Crippen LogP contribution in [0.25, 0.3) is 11.0 Å². The fourth-order valence-electron chi connectivity index (χ4n) is 6.41. The molecule has 2 aliphatic rings. The standard InChI is InChI=1S/C32H37N7O4/c1-38-28-9-6-21(13-26(28)36-37-38)16-35-31(40)29-14-22(12-20-4-7-24(42-2)8-5-20)19-39(29)32(41)27-15-23(17-34-27)25-18-33-11-10-30(25)43-3/h4-11,13,18,22-23,27,29,34H,12,14-17,19H2,1-3H3,(H,35,40)/t22-,23?,27-,29+/m1/s1. The Hall–Kier alpha value is -4.51. The van der Waals surface area contributed by atoms with E-state index in [0.717, 1.165) is 45.6 Å². The number of nitrogens with zero attached hydrogens (tertiary/aromatic N) is 5. The normalized spacial score (nSPS) is 21.7. The molecule has 43 heavy (non-hydrogen) atoms. The molecule has 2 aliphatic heterocycles. The molecule has 11 heteroatoms. The third kappa shape index (κ3) is 6.03. The molecule has 0 radical (unpaired) electrons. The lowest BCUT2D eigenvalue weighted by Crippen LogP contribution is -2.51. The maximum Gasteiger partial charge on any atom is 0.243 e. The predicted octanol–water partition coefficient (Wildman–Crippen LogP) is 2.60. The van der Waals surface area contributed by atoms with E-state index in [-0.39, 0.29) is 29.7 Å². The van der Waals surface area contributed by atoms with Gasteiger partial charge in [0.15, 0.2) is 0 Å². The maximum atomic E-state index is 14.0. The highest BCUT2D eigenvalue weighted by Crippen LogP contribution is 2.34. The number of nitrogens with one attached hydrogen (secondary N) is 2. The van der Waals surface area contributed by atoms with Crippen LogP contribution in [0.1, 0.15) is 35.4 Å². The Morgan fingerprint density at radius 2 is 1.86 bits per heavy atom. The van der Waals surface area contributed by atoms with Gasteiger partial charge in [0.2, 0.25) is 11.8 Å². The van der Waals surface area contributed by atoms with E-state index in [1.165, 1.54) is 0 Å². The minimum absolute atomic E-state index is 0.0382. The quantitative estimate of drug-likeness (QED) is 0.308. The number of carbonyl (C=O) groups excluding carboxylic acids is 2. The first-order chi connectivity index (χ1) is 20.9. The van der Waals surface area contributed by atoms with Gasteiger partial charge in [-0.25, -0.2) is 4.68 Å². The molecule has 224 valence electrons. The van der Waals surface area contributed by atoms with Crippen molar-refractivity contribution in [2.75, 3.05) is 27.3 Å². The van der Waals surface area contributed by atoms with Crippen molar-refractivity contribution < 1.29 is 19.1 Å². The van der Waals surface area contributed by atoms with Crippen molar-refractivity contribution in [3.63, 3.8) is 0 Å². The summed E-state index contributed by atoms with van der Waals surface area (Å²) in [5.74, 6) is 1.64. The van der Waals surface area contributed by atoms with E-state index in [1.54, 1.807) is 30.0 Å². The molecular weight excluding hydrogens is 546 g/mol. The Balaban J connectivity index is 1.17. The zero-order chi connectivity index (χ0) is 29.9. The van der Waals surface area contributed by atoms with Crippen LogP contribution in [-0.2, 0) is 29.6 Å². The monoisotopic (exact) mass is 583 g/mol. The number of benzene rings is 2. The van der Waals surface area contributed by atoms with Gasteiger partial charge < -0.3 is 25.0 Å². The molecule has 4 heterocycles. The molecule has 11 nitrogen and oxygen atoms in total. The summed E-state index contributed by atoms with van der Waals surface area (Å²) in [5.41, 5.74) is 4.77. The number of rotatable bonds is 9. The molecule has 0 aliphatic carbocycles. The minimum atomic E-state index is -0.551. The number of pyridine rings is 1. The van der Waals surface area contributed by atoms with Gasteiger partial charge in [0, 0.05) is 50.6 Å². The number of fused-ring (bicyclic) bond motifs is 1. The van der Waals surface area contributed by atoms with Crippen LogP contribution < -0.4 is 20.1 Å². The van der Waals surface area contributed by atoms with Gasteiger partial charge in [0.25, 0.3) is 0 Å². The van der Waals surface area contributed by atoms with Gasteiger partial charge in [-0.1, -0.05) is 23.4 Å². The largest absolute Gasteiger partial charge is 0.497 e. The summed E-state index contributed by atoms with van der Waals surface area (Å²) in [5, 5.41) is 14.7. The van der Waals surface area contributed by atoms with Crippen LogP contribution >= 0.6 is 0 Å². The van der Waals surface area contributed by atoms with E-state index in [9.17, 15) is 9.59 Å². The number of aryl methyl sites for hydroxylation is 1. The van der Waals surface area contributed by atoms with Gasteiger partial charge in [-0.15, -0.1) is 5.10 Å². The molecule has 2 saturated heterocycles. The van der Waals surface area contributed by atoms with Crippen LogP contribution in [0, 0.1) is 5.92 Å². The second-order valence-corrected chi connectivity index (χ2v) is 11.4. The molecule has 1 unspecified atom stereocenters. The molecule has 2 amide bonds. The van der Waals surface area contributed by atoms with Crippen LogP contribution in [0.15, 0.2) is 60.9 Å². The van der Waals surface area contributed by atoms with E-state index < -0.39 is 6.04 Å². The third-order valence-corrected chi connectivity index (χ3v) is 8.70. The van der Waals surface area contributed by atoms with Crippen molar-refractivity contribution in [3.8, 4) is 11.5 Å². The number of hydrogen-bond acceptors (Lipinski definition) is 8. The van der Waals surface area contributed by atoms with Crippen LogP contribution in [0.3, 0.4) is 0 Å². The van der Waals surface area contributed by atoms with Crippen molar-refractivity contribution in [1.82, 2.24) is 35.5 Å². The lowest BCUT2D eigenvalue weighted by molar-refractivity contribution is -0.139. The summed E-state index contributed by atoms with van der Waals surface area (Å²) in [4.78, 5) is 33.7. The van der Waals surface area contributed by atoms with E-state index in [4.69, 9.17) is 9.47 Å². The second-order valence-electron chi connectivity index (χ2n) is 11.4. The number of likely N-dealkylation sites (tertiary alicyclic amines) is 1. The van der Waals surface area contributed by atoms with Crippen molar-refractivity contribution in [1.29, 1.82) is 0 Å². The van der Waals surface area contributed by atoms with Crippen molar-refractivity contribution in [2.45, 2.75) is 43.8 Å². The average Bonchev–Trinajstić information content (AvgIpc) is 3.79. The summed E-state index contributed by atoms with van der Waals surface area (Å²) in [6.45, 7) is 1.51. The van der Waals surface area contributed by atoms with Gasteiger partial charge in [-0.3, -0.25) is 14.6 Å². The summed E-state index contributed by atoms with van der Waals surface area (Å²) >= 11 is 0. The Morgan fingerprint density at radius 3 is 2.65 bits per heavy atom. The molecule has 2 N–H and O–H groups in total. The van der Waals surface area contributed by atoms with Crippen molar-refractivity contribution in [2.24, 2.45) is 13.0 Å². The Labute approximate surface area is 250 Å². The molecule has 4 aromatic rings. The number of methoxy groups -OCH3 is 2. The van der Waals surface area contributed by atoms with Crippen molar-refractivity contribution >= 4 is 22.8 Å². The summed E-state index contributed by atoms with van der Waals surface area (Å²) in [6, 6.07) is 14.7. The smallest absolute Gasteiger partial charge is 0.243 e. The first-order valence-corrected chi connectivity index (χ1v) is 14.6. The molecule has 0 bridgehead atoms. The minimum Gasteiger partial charge on any atom is -0.497 e. The van der Waals surface area contributed by atoms with Crippen molar-refractivity contribution in [3.05, 3.63) is 77.6 Å². The van der Waals surface area contributed by atoms with Gasteiger partial charge in [0.1, 0.15) is 23.1 Å². The summed E-state index contributed by atoms with van der Waals surface area (Å²) in [7, 11) is 5.14. The van der Waals surface area contributed by atoms with E-state index in [0.29, 0.717) is 32.5 Å².